The number of amides is 1. The molecule has 0 saturated carbocycles. The van der Waals surface area contributed by atoms with E-state index in [9.17, 15) is 18.0 Å². The summed E-state index contributed by atoms with van der Waals surface area (Å²) in [6, 6.07) is 8.90. The molecule has 0 aliphatic carbocycles. The van der Waals surface area contributed by atoms with E-state index in [4.69, 9.17) is 4.42 Å². The minimum absolute atomic E-state index is 0.104. The highest BCUT2D eigenvalue weighted by atomic mass is 79.9. The fraction of sp³-hybridized carbons (Fsp3) is 0.222. The van der Waals surface area contributed by atoms with Crippen LogP contribution in [0, 0.1) is 0 Å². The Balaban J connectivity index is 1.65. The average molecular weight is 455 g/mol. The second-order valence-electron chi connectivity index (χ2n) is 6.30. The molecule has 3 heterocycles. The van der Waals surface area contributed by atoms with Gasteiger partial charge in [-0.15, -0.1) is 0 Å². The molecule has 0 radical (unpaired) electrons. The maximum Gasteiger partial charge on any atom is 0.410 e. The molecule has 2 aromatic heterocycles. The Morgan fingerprint density at radius 2 is 2.07 bits per heavy atom. The molecule has 1 aromatic carbocycles. The van der Waals surface area contributed by atoms with Crippen molar-refractivity contribution in [1.82, 2.24) is 9.78 Å². The van der Waals surface area contributed by atoms with Crippen LogP contribution in [0.4, 0.5) is 24.7 Å². The van der Waals surface area contributed by atoms with Gasteiger partial charge in [0.15, 0.2) is 11.7 Å². The van der Waals surface area contributed by atoms with Gasteiger partial charge in [0.1, 0.15) is 11.6 Å². The predicted molar refractivity (Wildman–Crippen MR) is 99.1 cm³/mol. The molecule has 0 spiro atoms. The van der Waals surface area contributed by atoms with Gasteiger partial charge in [-0.25, -0.2) is 4.68 Å². The zero-order valence-corrected chi connectivity index (χ0v) is 15.8. The fourth-order valence-electron chi connectivity index (χ4n) is 3.11. The highest BCUT2D eigenvalue weighted by Gasteiger charge is 2.47. The van der Waals surface area contributed by atoms with Crippen molar-refractivity contribution >= 4 is 33.3 Å². The van der Waals surface area contributed by atoms with Gasteiger partial charge in [0.05, 0.1) is 18.0 Å². The molecule has 0 saturated heterocycles. The van der Waals surface area contributed by atoms with Crippen molar-refractivity contribution in [1.29, 1.82) is 0 Å². The molecule has 1 aliphatic rings. The van der Waals surface area contributed by atoms with Crippen LogP contribution in [-0.4, -0.2) is 21.9 Å². The largest absolute Gasteiger partial charge is 0.467 e. The number of para-hydroxylation sites is 1. The summed E-state index contributed by atoms with van der Waals surface area (Å²) in [5.74, 6) is -0.112. The highest BCUT2D eigenvalue weighted by molar-refractivity contribution is 9.10. The lowest BCUT2D eigenvalue weighted by molar-refractivity contribution is -0.174. The Bertz CT molecular complexity index is 1000. The maximum absolute atomic E-state index is 13.6. The summed E-state index contributed by atoms with van der Waals surface area (Å²) in [4.78, 5) is 12.5. The van der Waals surface area contributed by atoms with E-state index in [1.807, 2.05) is 0 Å². The first-order chi connectivity index (χ1) is 13.3. The molecule has 1 amide bonds. The monoisotopic (exact) mass is 454 g/mol. The van der Waals surface area contributed by atoms with Gasteiger partial charge in [-0.2, -0.15) is 18.3 Å². The van der Waals surface area contributed by atoms with Crippen molar-refractivity contribution in [3.63, 3.8) is 0 Å². The van der Waals surface area contributed by atoms with Crippen LogP contribution in [0.5, 0.6) is 0 Å². The number of fused-ring (bicyclic) bond motifs is 1. The van der Waals surface area contributed by atoms with E-state index < -0.39 is 24.2 Å². The van der Waals surface area contributed by atoms with Gasteiger partial charge in [-0.3, -0.25) is 4.79 Å². The number of nitrogens with zero attached hydrogens (tertiary/aromatic N) is 2. The van der Waals surface area contributed by atoms with Crippen molar-refractivity contribution in [2.75, 3.05) is 10.6 Å². The van der Waals surface area contributed by atoms with E-state index in [-0.39, 0.29) is 17.9 Å². The standard InChI is InChI=1S/C18H14BrF3N4O2/c19-10-4-1-2-5-11(10)24-17(27)13-9-16-23-12(14-6-3-7-28-14)8-15(18(20,21)22)26(16)25-13/h1-7,9,12,15,23H,8H2,(H,24,27)/t12-,15-/m0/s1. The molecule has 3 aromatic rings. The van der Waals surface area contributed by atoms with Gasteiger partial charge in [0, 0.05) is 17.0 Å². The van der Waals surface area contributed by atoms with E-state index in [0.29, 0.717) is 15.9 Å². The lowest BCUT2D eigenvalue weighted by atomic mass is 10.0. The van der Waals surface area contributed by atoms with Crippen molar-refractivity contribution in [3.8, 4) is 0 Å². The molecule has 0 bridgehead atoms. The number of aromatic nitrogens is 2. The smallest absolute Gasteiger partial charge is 0.410 e. The summed E-state index contributed by atoms with van der Waals surface area (Å²) < 4.78 is 47.6. The zero-order valence-electron chi connectivity index (χ0n) is 14.2. The number of alkyl halides is 3. The first kappa shape index (κ1) is 18.6. The van der Waals surface area contributed by atoms with Gasteiger partial charge in [0.25, 0.3) is 5.91 Å². The van der Waals surface area contributed by atoms with Crippen molar-refractivity contribution in [3.05, 3.63) is 64.7 Å². The molecular formula is C18H14BrF3N4O2. The van der Waals surface area contributed by atoms with E-state index in [1.54, 1.807) is 36.4 Å². The quantitative estimate of drug-likeness (QED) is 0.573. The minimum atomic E-state index is -4.52. The molecule has 4 rings (SSSR count). The van der Waals surface area contributed by atoms with Crippen LogP contribution in [0.2, 0.25) is 0 Å². The number of furan rings is 1. The van der Waals surface area contributed by atoms with E-state index in [0.717, 1.165) is 4.68 Å². The van der Waals surface area contributed by atoms with E-state index >= 15 is 0 Å². The molecule has 2 N–H and O–H groups in total. The second kappa shape index (κ2) is 7.01. The summed E-state index contributed by atoms with van der Waals surface area (Å²) in [6.45, 7) is 0. The van der Waals surface area contributed by atoms with Gasteiger partial charge in [-0.05, 0) is 40.2 Å². The molecule has 6 nitrogen and oxygen atoms in total. The topological polar surface area (TPSA) is 72.1 Å². The lowest BCUT2D eigenvalue weighted by Crippen LogP contribution is -2.35. The third-order valence-electron chi connectivity index (χ3n) is 4.43. The number of rotatable bonds is 3. The second-order valence-corrected chi connectivity index (χ2v) is 7.15. The number of nitrogens with one attached hydrogen (secondary N) is 2. The first-order valence-corrected chi connectivity index (χ1v) is 9.14. The number of anilines is 2. The summed E-state index contributed by atoms with van der Waals surface area (Å²) in [5.41, 5.74) is 0.375. The summed E-state index contributed by atoms with van der Waals surface area (Å²) >= 11 is 3.31. The number of benzene rings is 1. The summed E-state index contributed by atoms with van der Waals surface area (Å²) in [6.07, 6.45) is -3.41. The van der Waals surface area contributed by atoms with Crippen LogP contribution >= 0.6 is 15.9 Å². The Kier molecular flexibility index (Phi) is 4.66. The van der Waals surface area contributed by atoms with Crippen molar-refractivity contribution in [2.45, 2.75) is 24.7 Å². The van der Waals surface area contributed by atoms with Crippen LogP contribution in [-0.2, 0) is 0 Å². The van der Waals surface area contributed by atoms with Crippen LogP contribution in [0.1, 0.15) is 34.8 Å². The van der Waals surface area contributed by atoms with Gasteiger partial charge in [-0.1, -0.05) is 12.1 Å². The van der Waals surface area contributed by atoms with Crippen molar-refractivity contribution in [2.24, 2.45) is 0 Å². The highest BCUT2D eigenvalue weighted by Crippen LogP contribution is 2.43. The fourth-order valence-corrected chi connectivity index (χ4v) is 3.49. The zero-order chi connectivity index (χ0) is 19.9. The molecule has 0 fully saturated rings. The summed E-state index contributed by atoms with van der Waals surface area (Å²) in [7, 11) is 0. The summed E-state index contributed by atoms with van der Waals surface area (Å²) in [5, 5.41) is 9.52. The number of hydrogen-bond acceptors (Lipinski definition) is 4. The Morgan fingerprint density at radius 3 is 2.75 bits per heavy atom. The Labute approximate surface area is 165 Å². The molecular weight excluding hydrogens is 441 g/mol. The van der Waals surface area contributed by atoms with Gasteiger partial charge < -0.3 is 15.1 Å². The van der Waals surface area contributed by atoms with Crippen molar-refractivity contribution < 1.29 is 22.4 Å². The number of halogens is 4. The molecule has 10 heteroatoms. The first-order valence-electron chi connectivity index (χ1n) is 8.35. The third-order valence-corrected chi connectivity index (χ3v) is 5.12. The Hall–Kier alpha value is -2.75. The van der Waals surface area contributed by atoms with Crippen LogP contribution in [0.15, 0.2) is 57.6 Å². The number of carbonyl (C=O) groups excluding carboxylic acids is 1. The lowest BCUT2D eigenvalue weighted by Gasteiger charge is -2.32. The van der Waals surface area contributed by atoms with Crippen LogP contribution in [0.25, 0.3) is 0 Å². The van der Waals surface area contributed by atoms with Crippen LogP contribution < -0.4 is 10.6 Å². The van der Waals surface area contributed by atoms with E-state index in [2.05, 4.69) is 31.7 Å². The van der Waals surface area contributed by atoms with E-state index in [1.165, 1.54) is 12.3 Å². The predicted octanol–water partition coefficient (Wildman–Crippen LogP) is 5.15. The number of carbonyl (C=O) groups is 1. The molecule has 0 unspecified atom stereocenters. The average Bonchev–Trinajstić information content (AvgIpc) is 3.31. The molecule has 1 aliphatic heterocycles. The van der Waals surface area contributed by atoms with Gasteiger partial charge >= 0.3 is 6.18 Å². The number of hydrogen-bond donors (Lipinski definition) is 2. The molecule has 28 heavy (non-hydrogen) atoms. The minimum Gasteiger partial charge on any atom is -0.467 e. The Morgan fingerprint density at radius 1 is 1.29 bits per heavy atom. The molecule has 146 valence electrons. The van der Waals surface area contributed by atoms with Crippen LogP contribution in [0.3, 0.4) is 0 Å². The van der Waals surface area contributed by atoms with Gasteiger partial charge in [0.2, 0.25) is 0 Å². The molecule has 2 atom stereocenters. The normalized spacial score (nSPS) is 19.0. The third kappa shape index (κ3) is 3.51. The SMILES string of the molecule is O=C(Nc1ccccc1Br)c1cc2n(n1)[C@H](C(F)(F)F)C[C@@H](c1ccco1)N2. The maximum atomic E-state index is 13.6.